The van der Waals surface area contributed by atoms with E-state index in [0.29, 0.717) is 5.25 Å². The Morgan fingerprint density at radius 1 is 1.56 bits per heavy atom. The third-order valence-corrected chi connectivity index (χ3v) is 5.54. The summed E-state index contributed by atoms with van der Waals surface area (Å²) < 4.78 is 2.01. The summed E-state index contributed by atoms with van der Waals surface area (Å²) >= 11 is 8.42. The van der Waals surface area contributed by atoms with Crippen molar-refractivity contribution < 1.29 is 0 Å². The first kappa shape index (κ1) is 14.2. The van der Waals surface area contributed by atoms with E-state index in [-0.39, 0.29) is 6.04 Å². The lowest BCUT2D eigenvalue weighted by Gasteiger charge is -2.18. The van der Waals surface area contributed by atoms with Crippen LogP contribution < -0.4 is 5.73 Å². The highest BCUT2D eigenvalue weighted by atomic mass is 35.5. The fourth-order valence-electron chi connectivity index (χ4n) is 2.51. The molecule has 1 aromatic heterocycles. The van der Waals surface area contributed by atoms with E-state index in [4.69, 9.17) is 17.3 Å². The van der Waals surface area contributed by atoms with E-state index in [2.05, 4.69) is 18.9 Å². The molecule has 2 N–H and O–H groups in total. The number of thioether (sulfide) groups is 1. The Labute approximate surface area is 118 Å². The SMILES string of the molecule is CCc1nn(CC)c(CC(N)C2CCCS2)c1Cl. The van der Waals surface area contributed by atoms with Gasteiger partial charge in [-0.15, -0.1) is 0 Å². The van der Waals surface area contributed by atoms with Crippen LogP contribution in [0.2, 0.25) is 5.02 Å². The van der Waals surface area contributed by atoms with Crippen LogP contribution in [0.1, 0.15) is 38.1 Å². The monoisotopic (exact) mass is 287 g/mol. The summed E-state index contributed by atoms with van der Waals surface area (Å²) in [5, 5.41) is 5.97. The number of hydrogen-bond donors (Lipinski definition) is 1. The minimum atomic E-state index is 0.196. The smallest absolute Gasteiger partial charge is 0.0850 e. The van der Waals surface area contributed by atoms with Crippen LogP contribution in [0.4, 0.5) is 0 Å². The second-order valence-electron chi connectivity index (χ2n) is 4.80. The molecule has 1 fully saturated rings. The third kappa shape index (κ3) is 2.86. The number of rotatable bonds is 5. The summed E-state index contributed by atoms with van der Waals surface area (Å²) in [5.74, 6) is 1.25. The Kier molecular flexibility index (Phi) is 4.98. The zero-order chi connectivity index (χ0) is 13.1. The van der Waals surface area contributed by atoms with Gasteiger partial charge in [0.05, 0.1) is 16.4 Å². The minimum Gasteiger partial charge on any atom is -0.326 e. The van der Waals surface area contributed by atoms with Crippen LogP contribution in [-0.4, -0.2) is 26.8 Å². The summed E-state index contributed by atoms with van der Waals surface area (Å²) in [5.41, 5.74) is 8.45. The zero-order valence-electron chi connectivity index (χ0n) is 11.2. The quantitative estimate of drug-likeness (QED) is 0.906. The minimum absolute atomic E-state index is 0.196. The molecule has 18 heavy (non-hydrogen) atoms. The lowest BCUT2D eigenvalue weighted by molar-refractivity contribution is 0.554. The molecule has 2 heterocycles. The van der Waals surface area contributed by atoms with Gasteiger partial charge < -0.3 is 5.73 Å². The molecule has 1 saturated heterocycles. The molecule has 5 heteroatoms. The van der Waals surface area contributed by atoms with E-state index in [1.54, 1.807) is 0 Å². The van der Waals surface area contributed by atoms with Crippen molar-refractivity contribution >= 4 is 23.4 Å². The number of aromatic nitrogens is 2. The van der Waals surface area contributed by atoms with Crippen molar-refractivity contribution in [3.05, 3.63) is 16.4 Å². The lowest BCUT2D eigenvalue weighted by atomic mass is 10.0. The molecule has 0 aliphatic carbocycles. The summed E-state index contributed by atoms with van der Waals surface area (Å²) in [4.78, 5) is 0. The highest BCUT2D eigenvalue weighted by Gasteiger charge is 2.25. The summed E-state index contributed by atoms with van der Waals surface area (Å²) in [6.45, 7) is 5.05. The Morgan fingerprint density at radius 3 is 2.89 bits per heavy atom. The van der Waals surface area contributed by atoms with Crippen molar-refractivity contribution in [3.8, 4) is 0 Å². The Morgan fingerprint density at radius 2 is 2.33 bits per heavy atom. The third-order valence-electron chi connectivity index (χ3n) is 3.57. The molecule has 2 atom stereocenters. The fraction of sp³-hybridized carbons (Fsp3) is 0.769. The van der Waals surface area contributed by atoms with E-state index in [1.165, 1.54) is 18.6 Å². The first-order chi connectivity index (χ1) is 8.67. The average Bonchev–Trinajstić information content (AvgIpc) is 2.99. The van der Waals surface area contributed by atoms with Crippen molar-refractivity contribution in [2.45, 2.75) is 57.4 Å². The van der Waals surface area contributed by atoms with Gasteiger partial charge in [-0.25, -0.2) is 0 Å². The van der Waals surface area contributed by atoms with Crippen LogP contribution in [-0.2, 0) is 19.4 Å². The van der Waals surface area contributed by atoms with E-state index in [0.717, 1.165) is 35.8 Å². The second-order valence-corrected chi connectivity index (χ2v) is 6.52. The topological polar surface area (TPSA) is 43.8 Å². The summed E-state index contributed by atoms with van der Waals surface area (Å²) in [6, 6.07) is 0.196. The molecule has 0 bridgehead atoms. The second kappa shape index (κ2) is 6.31. The number of nitrogens with two attached hydrogens (primary N) is 1. The molecule has 1 aromatic rings. The Hall–Kier alpha value is -0.190. The number of hydrogen-bond acceptors (Lipinski definition) is 3. The normalized spacial score (nSPS) is 21.4. The van der Waals surface area contributed by atoms with E-state index < -0.39 is 0 Å². The van der Waals surface area contributed by atoms with Gasteiger partial charge in [0.25, 0.3) is 0 Å². The maximum atomic E-state index is 6.41. The first-order valence-corrected chi connectivity index (χ1v) is 8.21. The molecule has 1 aliphatic rings. The maximum Gasteiger partial charge on any atom is 0.0850 e. The van der Waals surface area contributed by atoms with Gasteiger partial charge in [0.1, 0.15) is 0 Å². The molecule has 1 aliphatic heterocycles. The predicted molar refractivity (Wildman–Crippen MR) is 79.4 cm³/mol. The first-order valence-electron chi connectivity index (χ1n) is 6.78. The van der Waals surface area contributed by atoms with Gasteiger partial charge in [0, 0.05) is 24.3 Å². The van der Waals surface area contributed by atoms with E-state index in [1.807, 2.05) is 16.4 Å². The summed E-state index contributed by atoms with van der Waals surface area (Å²) in [6.07, 6.45) is 4.26. The molecule has 2 unspecified atom stereocenters. The molecule has 102 valence electrons. The maximum absolute atomic E-state index is 6.41. The molecular weight excluding hydrogens is 266 g/mol. The van der Waals surface area contributed by atoms with Crippen LogP contribution in [0.15, 0.2) is 0 Å². The average molecular weight is 288 g/mol. The highest BCUT2D eigenvalue weighted by Crippen LogP contribution is 2.31. The molecule has 2 rings (SSSR count). The van der Waals surface area contributed by atoms with Crippen molar-refractivity contribution in [2.75, 3.05) is 5.75 Å². The van der Waals surface area contributed by atoms with Gasteiger partial charge in [0.2, 0.25) is 0 Å². The predicted octanol–water partition coefficient (Wildman–Crippen LogP) is 2.88. The highest BCUT2D eigenvalue weighted by molar-refractivity contribution is 8.00. The van der Waals surface area contributed by atoms with Gasteiger partial charge in [0.15, 0.2) is 0 Å². The largest absolute Gasteiger partial charge is 0.326 e. The van der Waals surface area contributed by atoms with Crippen LogP contribution in [0.5, 0.6) is 0 Å². The summed E-state index contributed by atoms with van der Waals surface area (Å²) in [7, 11) is 0. The van der Waals surface area contributed by atoms with Crippen molar-refractivity contribution in [2.24, 2.45) is 5.73 Å². The zero-order valence-corrected chi connectivity index (χ0v) is 12.7. The van der Waals surface area contributed by atoms with Crippen LogP contribution in [0.25, 0.3) is 0 Å². The Bertz CT molecular complexity index is 399. The van der Waals surface area contributed by atoms with Gasteiger partial charge in [-0.05, 0) is 31.9 Å². The number of halogens is 1. The molecule has 0 aromatic carbocycles. The lowest BCUT2D eigenvalue weighted by Crippen LogP contribution is -2.34. The van der Waals surface area contributed by atoms with E-state index >= 15 is 0 Å². The van der Waals surface area contributed by atoms with Crippen LogP contribution >= 0.6 is 23.4 Å². The van der Waals surface area contributed by atoms with Crippen LogP contribution in [0.3, 0.4) is 0 Å². The fourth-order valence-corrected chi connectivity index (χ4v) is 4.17. The van der Waals surface area contributed by atoms with Crippen molar-refractivity contribution in [3.63, 3.8) is 0 Å². The Balaban J connectivity index is 2.14. The molecule has 0 spiro atoms. The number of aryl methyl sites for hydroxylation is 2. The van der Waals surface area contributed by atoms with Gasteiger partial charge in [-0.2, -0.15) is 16.9 Å². The van der Waals surface area contributed by atoms with E-state index in [9.17, 15) is 0 Å². The van der Waals surface area contributed by atoms with Gasteiger partial charge in [-0.1, -0.05) is 18.5 Å². The molecule has 0 radical (unpaired) electrons. The molecular formula is C13H22ClN3S. The standard InChI is InChI=1S/C13H22ClN3S/c1-3-10-13(14)11(17(4-2)16-10)8-9(15)12-6-5-7-18-12/h9,12H,3-8,15H2,1-2H3. The molecule has 0 amide bonds. The molecule has 3 nitrogen and oxygen atoms in total. The van der Waals surface area contributed by atoms with Gasteiger partial charge in [-0.3, -0.25) is 4.68 Å². The van der Waals surface area contributed by atoms with Gasteiger partial charge >= 0.3 is 0 Å². The van der Waals surface area contributed by atoms with Crippen molar-refractivity contribution in [1.29, 1.82) is 0 Å². The number of nitrogens with zero attached hydrogens (tertiary/aromatic N) is 2. The van der Waals surface area contributed by atoms with Crippen LogP contribution in [0, 0.1) is 0 Å². The van der Waals surface area contributed by atoms with Crippen molar-refractivity contribution in [1.82, 2.24) is 9.78 Å². The molecule has 0 saturated carbocycles.